The predicted molar refractivity (Wildman–Crippen MR) is 142 cm³/mol. The Morgan fingerprint density at radius 3 is 2.46 bits per heavy atom. The van der Waals surface area contributed by atoms with Crippen molar-refractivity contribution in [3.63, 3.8) is 0 Å². The third-order valence-corrected chi connectivity index (χ3v) is 7.21. The van der Waals surface area contributed by atoms with Crippen LogP contribution in [-0.2, 0) is 11.2 Å². The van der Waals surface area contributed by atoms with E-state index in [9.17, 15) is 9.18 Å². The Balaban J connectivity index is 1.30. The molecule has 0 radical (unpaired) electrons. The Labute approximate surface area is 217 Å². The Bertz CT molecular complexity index is 1160. The molecule has 5 rings (SSSR count). The smallest absolute Gasteiger partial charge is 0.256 e. The molecule has 0 atom stereocenters. The molecule has 2 fully saturated rings. The summed E-state index contributed by atoms with van der Waals surface area (Å²) in [6.45, 7) is 6.22. The van der Waals surface area contributed by atoms with Gasteiger partial charge in [-0.05, 0) is 55.0 Å². The van der Waals surface area contributed by atoms with Gasteiger partial charge in [0.1, 0.15) is 17.2 Å². The highest BCUT2D eigenvalue weighted by atomic mass is 19.1. The lowest BCUT2D eigenvalue weighted by atomic mass is 9.90. The van der Waals surface area contributed by atoms with Crippen LogP contribution in [0.5, 0.6) is 0 Å². The van der Waals surface area contributed by atoms with Gasteiger partial charge in [0.15, 0.2) is 5.82 Å². The van der Waals surface area contributed by atoms with Gasteiger partial charge < -0.3 is 15.0 Å². The fourth-order valence-electron chi connectivity index (χ4n) is 5.06. The third-order valence-electron chi connectivity index (χ3n) is 7.21. The molecule has 2 aliphatic heterocycles. The average Bonchev–Trinajstić information content (AvgIpc) is 2.95. The van der Waals surface area contributed by atoms with Crippen molar-refractivity contribution in [1.82, 2.24) is 20.2 Å². The number of amides is 1. The van der Waals surface area contributed by atoms with Crippen molar-refractivity contribution in [2.45, 2.75) is 19.3 Å². The van der Waals surface area contributed by atoms with Crippen molar-refractivity contribution in [2.24, 2.45) is 5.92 Å². The molecule has 0 saturated carbocycles. The molecule has 1 N–H and O–H groups in total. The minimum absolute atomic E-state index is 0.166. The van der Waals surface area contributed by atoms with Crippen LogP contribution in [0.15, 0.2) is 60.8 Å². The van der Waals surface area contributed by atoms with Gasteiger partial charge in [0.2, 0.25) is 0 Å². The van der Waals surface area contributed by atoms with Gasteiger partial charge >= 0.3 is 0 Å². The zero-order valence-electron chi connectivity index (χ0n) is 21.1. The van der Waals surface area contributed by atoms with Crippen LogP contribution in [0.2, 0.25) is 0 Å². The maximum absolute atomic E-state index is 13.5. The first-order valence-electron chi connectivity index (χ1n) is 13.2. The Kier molecular flexibility index (Phi) is 8.38. The molecule has 8 heteroatoms. The topological polar surface area (TPSA) is 70.6 Å². The fourth-order valence-corrected chi connectivity index (χ4v) is 5.06. The van der Waals surface area contributed by atoms with E-state index < -0.39 is 0 Å². The summed E-state index contributed by atoms with van der Waals surface area (Å²) in [6.07, 6.45) is 4.74. The largest absolute Gasteiger partial charge is 0.379 e. The van der Waals surface area contributed by atoms with Crippen LogP contribution in [-0.4, -0.2) is 73.3 Å². The lowest BCUT2D eigenvalue weighted by Crippen LogP contribution is -2.42. The van der Waals surface area contributed by atoms with Crippen molar-refractivity contribution in [1.29, 1.82) is 0 Å². The molecule has 2 saturated heterocycles. The minimum Gasteiger partial charge on any atom is -0.379 e. The van der Waals surface area contributed by atoms with Gasteiger partial charge in [0, 0.05) is 51.0 Å². The van der Waals surface area contributed by atoms with Crippen LogP contribution in [0.1, 0.15) is 28.8 Å². The molecule has 1 aromatic heterocycles. The first-order valence-corrected chi connectivity index (χ1v) is 13.2. The van der Waals surface area contributed by atoms with Gasteiger partial charge in [-0.15, -0.1) is 0 Å². The van der Waals surface area contributed by atoms with Crippen LogP contribution in [0.25, 0.3) is 11.4 Å². The second-order valence-electron chi connectivity index (χ2n) is 9.77. The molecular weight excluding hydrogens is 469 g/mol. The number of carbonyl (C=O) groups is 1. The molecule has 0 unspecified atom stereocenters. The van der Waals surface area contributed by atoms with E-state index in [4.69, 9.17) is 9.72 Å². The van der Waals surface area contributed by atoms with E-state index >= 15 is 0 Å². The summed E-state index contributed by atoms with van der Waals surface area (Å²) < 4.78 is 18.9. The summed E-state index contributed by atoms with van der Waals surface area (Å²) in [5.74, 6) is 1.27. The van der Waals surface area contributed by atoms with Gasteiger partial charge in [-0.2, -0.15) is 0 Å². The zero-order chi connectivity index (χ0) is 25.5. The zero-order valence-corrected chi connectivity index (χ0v) is 21.1. The second-order valence-corrected chi connectivity index (χ2v) is 9.77. The van der Waals surface area contributed by atoms with Crippen LogP contribution in [0, 0.1) is 11.7 Å². The molecule has 0 spiro atoms. The number of rotatable bonds is 8. The van der Waals surface area contributed by atoms with Crippen molar-refractivity contribution >= 4 is 11.7 Å². The SMILES string of the molecule is O=C(NCCN1CCOCC1)c1cnc(-c2ccc(F)cc2)nc1N1CCC(Cc2ccccc2)CC1. The number of halogens is 1. The highest BCUT2D eigenvalue weighted by molar-refractivity contribution is 5.99. The van der Waals surface area contributed by atoms with Gasteiger partial charge in [0.25, 0.3) is 5.91 Å². The van der Waals surface area contributed by atoms with E-state index in [1.165, 1.54) is 17.7 Å². The molecule has 0 aliphatic carbocycles. The van der Waals surface area contributed by atoms with Crippen LogP contribution >= 0.6 is 0 Å². The number of anilines is 1. The Hall–Kier alpha value is -3.36. The van der Waals surface area contributed by atoms with Crippen LogP contribution in [0.4, 0.5) is 10.2 Å². The van der Waals surface area contributed by atoms with E-state index in [0.29, 0.717) is 29.7 Å². The van der Waals surface area contributed by atoms with Crippen LogP contribution < -0.4 is 10.2 Å². The predicted octanol–water partition coefficient (Wildman–Crippen LogP) is 3.80. The minimum atomic E-state index is -0.305. The van der Waals surface area contributed by atoms with Crippen molar-refractivity contribution < 1.29 is 13.9 Å². The van der Waals surface area contributed by atoms with Crippen molar-refractivity contribution in [3.8, 4) is 11.4 Å². The number of nitrogens with one attached hydrogen (secondary N) is 1. The number of benzene rings is 2. The lowest BCUT2D eigenvalue weighted by Gasteiger charge is -2.34. The van der Waals surface area contributed by atoms with Gasteiger partial charge in [-0.3, -0.25) is 9.69 Å². The molecule has 37 heavy (non-hydrogen) atoms. The number of aromatic nitrogens is 2. The summed E-state index contributed by atoms with van der Waals surface area (Å²) >= 11 is 0. The number of nitrogens with zero attached hydrogens (tertiary/aromatic N) is 4. The average molecular weight is 504 g/mol. The quantitative estimate of drug-likeness (QED) is 0.504. The number of carbonyl (C=O) groups excluding carboxylic acids is 1. The summed E-state index contributed by atoms with van der Waals surface area (Å²) in [6, 6.07) is 16.7. The third kappa shape index (κ3) is 6.70. The van der Waals surface area contributed by atoms with E-state index in [2.05, 4.69) is 44.4 Å². The van der Waals surface area contributed by atoms with E-state index in [1.807, 2.05) is 6.07 Å². The normalized spacial score (nSPS) is 17.1. The maximum Gasteiger partial charge on any atom is 0.256 e. The van der Waals surface area contributed by atoms with E-state index in [0.717, 1.165) is 70.8 Å². The lowest BCUT2D eigenvalue weighted by molar-refractivity contribution is 0.0383. The molecule has 2 aliphatic rings. The summed E-state index contributed by atoms with van der Waals surface area (Å²) in [4.78, 5) is 27.0. The van der Waals surface area contributed by atoms with E-state index in [1.54, 1.807) is 18.3 Å². The second kappa shape index (κ2) is 12.3. The van der Waals surface area contributed by atoms with Gasteiger partial charge in [0.05, 0.1) is 13.2 Å². The summed E-state index contributed by atoms with van der Waals surface area (Å²) in [7, 11) is 0. The molecule has 1 amide bonds. The first-order chi connectivity index (χ1) is 18.2. The first kappa shape index (κ1) is 25.3. The summed E-state index contributed by atoms with van der Waals surface area (Å²) in [5.41, 5.74) is 2.57. The molecule has 7 nitrogen and oxygen atoms in total. The van der Waals surface area contributed by atoms with Gasteiger partial charge in [-0.1, -0.05) is 30.3 Å². The number of hydrogen-bond donors (Lipinski definition) is 1. The van der Waals surface area contributed by atoms with E-state index in [-0.39, 0.29) is 11.7 Å². The Morgan fingerprint density at radius 1 is 1.00 bits per heavy atom. The molecule has 3 aromatic rings. The molecule has 194 valence electrons. The van der Waals surface area contributed by atoms with Crippen molar-refractivity contribution in [2.75, 3.05) is 57.4 Å². The highest BCUT2D eigenvalue weighted by Crippen LogP contribution is 2.28. The number of piperidine rings is 1. The standard InChI is InChI=1S/C29H34FN5O2/c30-25-8-6-24(7-9-25)27-32-21-26(29(36)31-12-15-34-16-18-37-19-17-34)28(33-27)35-13-10-23(11-14-35)20-22-4-2-1-3-5-22/h1-9,21,23H,10-20H2,(H,31,36). The molecule has 0 bridgehead atoms. The van der Waals surface area contributed by atoms with Crippen molar-refractivity contribution in [3.05, 3.63) is 77.7 Å². The van der Waals surface area contributed by atoms with Gasteiger partial charge in [-0.25, -0.2) is 14.4 Å². The molecule has 3 heterocycles. The number of morpholine rings is 1. The summed E-state index contributed by atoms with van der Waals surface area (Å²) in [5, 5.41) is 3.06. The number of hydrogen-bond acceptors (Lipinski definition) is 6. The maximum atomic E-state index is 13.5. The highest BCUT2D eigenvalue weighted by Gasteiger charge is 2.25. The van der Waals surface area contributed by atoms with Crippen LogP contribution in [0.3, 0.4) is 0 Å². The molecule has 2 aromatic carbocycles. The monoisotopic (exact) mass is 503 g/mol. The number of ether oxygens (including phenoxy) is 1. The Morgan fingerprint density at radius 2 is 1.73 bits per heavy atom. The fraction of sp³-hybridized carbons (Fsp3) is 0.414. The molecular formula is C29H34FN5O2.